The van der Waals surface area contributed by atoms with Crippen LogP contribution in [0, 0.1) is 0 Å². The van der Waals surface area contributed by atoms with E-state index in [0.29, 0.717) is 0 Å². The number of ether oxygens (including phenoxy) is 1. The van der Waals surface area contributed by atoms with Crippen LogP contribution < -0.4 is 5.32 Å². The smallest absolute Gasteiger partial charge is 0.379 e. The summed E-state index contributed by atoms with van der Waals surface area (Å²) in [5.41, 5.74) is 0. The molecular weight excluding hydrogens is 227 g/mol. The number of morpholine rings is 1. The van der Waals surface area contributed by atoms with E-state index >= 15 is 0 Å². The molecule has 1 rings (SSSR count). The van der Waals surface area contributed by atoms with Gasteiger partial charge in [0.2, 0.25) is 0 Å². The van der Waals surface area contributed by atoms with Crippen LogP contribution in [0.25, 0.3) is 0 Å². The molecule has 11 heavy (non-hydrogen) atoms. The van der Waals surface area contributed by atoms with Crippen LogP contribution in [-0.2, 0) is 4.74 Å². The molecule has 0 aliphatic carbocycles. The van der Waals surface area contributed by atoms with Gasteiger partial charge in [-0.1, -0.05) is 0 Å². The van der Waals surface area contributed by atoms with Gasteiger partial charge in [0.1, 0.15) is 0 Å². The molecule has 0 aromatic heterocycles. The van der Waals surface area contributed by atoms with Crippen molar-refractivity contribution in [2.45, 2.75) is 5.09 Å². The van der Waals surface area contributed by atoms with Crippen molar-refractivity contribution in [3.8, 4) is 0 Å². The lowest BCUT2D eigenvalue weighted by Gasteiger charge is -2.10. The van der Waals surface area contributed by atoms with Gasteiger partial charge in [0.25, 0.3) is 0 Å². The minimum atomic E-state index is -4.19. The van der Waals surface area contributed by atoms with E-state index in [4.69, 9.17) is 4.74 Å². The van der Waals surface area contributed by atoms with Crippen molar-refractivity contribution < 1.29 is 17.9 Å². The van der Waals surface area contributed by atoms with Crippen molar-refractivity contribution in [2.75, 3.05) is 26.3 Å². The minimum Gasteiger partial charge on any atom is -0.379 e. The van der Waals surface area contributed by atoms with Crippen LogP contribution >= 0.6 is 15.9 Å². The predicted octanol–water partition coefficient (Wildman–Crippen LogP) is 1.51. The van der Waals surface area contributed by atoms with Gasteiger partial charge in [-0.3, -0.25) is 0 Å². The Balaban J connectivity index is 0.000000187. The third-order valence-corrected chi connectivity index (χ3v) is 0.846. The highest BCUT2D eigenvalue weighted by Gasteiger charge is 2.19. The normalized spacial score (nSPS) is 18.5. The minimum absolute atomic E-state index is 0.889. The van der Waals surface area contributed by atoms with Crippen molar-refractivity contribution in [1.82, 2.24) is 5.32 Å². The molecule has 0 radical (unpaired) electrons. The lowest BCUT2D eigenvalue weighted by atomic mass is 10.5. The van der Waals surface area contributed by atoms with Gasteiger partial charge in [-0.25, -0.2) is 0 Å². The van der Waals surface area contributed by atoms with Gasteiger partial charge in [0, 0.05) is 29.0 Å². The van der Waals surface area contributed by atoms with Gasteiger partial charge in [-0.15, -0.1) is 0 Å². The van der Waals surface area contributed by atoms with Crippen LogP contribution in [-0.4, -0.2) is 31.4 Å². The highest BCUT2D eigenvalue weighted by atomic mass is 79.9. The number of nitrogens with one attached hydrogen (secondary N) is 1. The summed E-state index contributed by atoms with van der Waals surface area (Å²) in [7, 11) is 0. The molecule has 0 aromatic carbocycles. The average molecular weight is 236 g/mol. The monoisotopic (exact) mass is 235 g/mol. The van der Waals surface area contributed by atoms with E-state index < -0.39 is 5.09 Å². The Morgan fingerprint density at radius 1 is 1.18 bits per heavy atom. The van der Waals surface area contributed by atoms with E-state index in [0.717, 1.165) is 26.3 Å². The first-order chi connectivity index (χ1) is 5.00. The van der Waals surface area contributed by atoms with Crippen LogP contribution in [0.1, 0.15) is 0 Å². The molecule has 68 valence electrons. The summed E-state index contributed by atoms with van der Waals surface area (Å²) >= 11 is 1.38. The maximum absolute atomic E-state index is 10.3. The number of rotatable bonds is 0. The highest BCUT2D eigenvalue weighted by molar-refractivity contribution is 9.09. The fourth-order valence-corrected chi connectivity index (χ4v) is 0.516. The van der Waals surface area contributed by atoms with E-state index in [1.54, 1.807) is 0 Å². The van der Waals surface area contributed by atoms with Gasteiger partial charge < -0.3 is 10.1 Å². The molecule has 0 saturated carbocycles. The van der Waals surface area contributed by atoms with Gasteiger partial charge in [0.15, 0.2) is 0 Å². The first kappa shape index (κ1) is 11.2. The lowest BCUT2D eigenvalue weighted by Crippen LogP contribution is -2.30. The quantitative estimate of drug-likeness (QED) is 0.643. The average Bonchev–Trinajstić information content (AvgIpc) is 1.88. The summed E-state index contributed by atoms with van der Waals surface area (Å²) < 4.78 is 35.8. The van der Waals surface area contributed by atoms with Crippen molar-refractivity contribution in [1.29, 1.82) is 0 Å². The third kappa shape index (κ3) is 17.8. The van der Waals surface area contributed by atoms with E-state index in [1.165, 1.54) is 15.9 Å². The van der Waals surface area contributed by atoms with Crippen molar-refractivity contribution >= 4 is 15.9 Å². The van der Waals surface area contributed by atoms with Gasteiger partial charge >= 0.3 is 5.09 Å². The van der Waals surface area contributed by atoms with Gasteiger partial charge in [0.05, 0.1) is 13.2 Å². The van der Waals surface area contributed by atoms with Gasteiger partial charge in [-0.05, 0) is 0 Å². The number of hydrogen-bond donors (Lipinski definition) is 1. The molecule has 2 nitrogen and oxygen atoms in total. The maximum atomic E-state index is 10.3. The Labute approximate surface area is 71.2 Å². The molecule has 1 aliphatic rings. The van der Waals surface area contributed by atoms with Crippen LogP contribution in [0.4, 0.5) is 13.2 Å². The molecule has 1 saturated heterocycles. The zero-order valence-electron chi connectivity index (χ0n) is 5.75. The molecule has 1 heterocycles. The van der Waals surface area contributed by atoms with Crippen LogP contribution in [0.2, 0.25) is 0 Å². The number of hydrogen-bond acceptors (Lipinski definition) is 2. The fourth-order valence-electron chi connectivity index (χ4n) is 0.516. The molecule has 0 amide bonds. The Morgan fingerprint density at radius 3 is 1.64 bits per heavy atom. The second kappa shape index (κ2) is 5.79. The van der Waals surface area contributed by atoms with E-state index in [9.17, 15) is 13.2 Å². The van der Waals surface area contributed by atoms with E-state index in [2.05, 4.69) is 5.32 Å². The molecule has 1 fully saturated rings. The Kier molecular flexibility index (Phi) is 5.89. The highest BCUT2D eigenvalue weighted by Crippen LogP contribution is 2.21. The molecule has 1 aliphatic heterocycles. The molecule has 0 spiro atoms. The fraction of sp³-hybridized carbons (Fsp3) is 1.00. The summed E-state index contributed by atoms with van der Waals surface area (Å²) in [6.45, 7) is 3.83. The van der Waals surface area contributed by atoms with Crippen molar-refractivity contribution in [3.63, 3.8) is 0 Å². The number of halogens is 4. The lowest BCUT2D eigenvalue weighted by molar-refractivity contribution is -0.0245. The summed E-state index contributed by atoms with van der Waals surface area (Å²) in [5.74, 6) is 0. The largest absolute Gasteiger partial charge is 0.448 e. The third-order valence-electron chi connectivity index (χ3n) is 0.846. The summed E-state index contributed by atoms with van der Waals surface area (Å²) in [5, 5.41) is -1.03. The predicted molar refractivity (Wildman–Crippen MR) is 38.7 cm³/mol. The number of alkyl halides is 4. The second-order valence-corrected chi connectivity index (χ2v) is 2.69. The summed E-state index contributed by atoms with van der Waals surface area (Å²) in [6, 6.07) is 0. The molecule has 1 N–H and O–H groups in total. The summed E-state index contributed by atoms with van der Waals surface area (Å²) in [4.78, 5) is 0. The Morgan fingerprint density at radius 2 is 1.55 bits per heavy atom. The van der Waals surface area contributed by atoms with Crippen LogP contribution in [0.15, 0.2) is 0 Å². The van der Waals surface area contributed by atoms with E-state index in [1.807, 2.05) is 0 Å². The van der Waals surface area contributed by atoms with Gasteiger partial charge in [-0.2, -0.15) is 13.2 Å². The van der Waals surface area contributed by atoms with E-state index in [-0.39, 0.29) is 0 Å². The molecule has 6 heteroatoms. The molecule has 0 aromatic rings. The molecule has 0 unspecified atom stereocenters. The van der Waals surface area contributed by atoms with Crippen molar-refractivity contribution in [2.24, 2.45) is 0 Å². The standard InChI is InChI=1S/C4H9NO.CBrF3/c1-3-6-4-2-5-1;2-1(3,4)5/h5H,1-4H2;. The Bertz CT molecular complexity index is 76.7. The first-order valence-electron chi connectivity index (χ1n) is 3.04. The van der Waals surface area contributed by atoms with Crippen LogP contribution in [0.3, 0.4) is 0 Å². The molecular formula is C5H9BrF3NO. The first-order valence-corrected chi connectivity index (χ1v) is 3.83. The maximum Gasteiger partial charge on any atom is 0.448 e. The zero-order chi connectivity index (χ0) is 8.74. The zero-order valence-corrected chi connectivity index (χ0v) is 7.33. The van der Waals surface area contributed by atoms with Crippen molar-refractivity contribution in [3.05, 3.63) is 0 Å². The molecule has 0 bridgehead atoms. The summed E-state index contributed by atoms with van der Waals surface area (Å²) in [6.07, 6.45) is 0. The molecule has 0 atom stereocenters. The van der Waals surface area contributed by atoms with Crippen LogP contribution in [0.5, 0.6) is 0 Å². The SMILES string of the molecule is C1COCCN1.FC(F)(F)Br. The topological polar surface area (TPSA) is 21.3 Å². The second-order valence-electron chi connectivity index (χ2n) is 1.79. The Hall–Kier alpha value is 0.190.